The maximum Gasteiger partial charge on any atom is 0.194 e. The van der Waals surface area contributed by atoms with Crippen molar-refractivity contribution in [2.45, 2.75) is 26.2 Å². The number of hydrogen-bond acceptors (Lipinski definition) is 4. The third kappa shape index (κ3) is 2.79. The summed E-state index contributed by atoms with van der Waals surface area (Å²) in [6, 6.07) is 0. The number of aromatic nitrogens is 3. The zero-order valence-electron chi connectivity index (χ0n) is 11.2. The van der Waals surface area contributed by atoms with E-state index in [1.807, 2.05) is 25.0 Å². The standard InChI is InChI=1S/C13H20N4O/c1-4-11-10(9-17(3)16-11)12-8-15-13(18-12)6-5-7-14-2/h8-9,14H,4-7H2,1-3H3. The molecule has 1 N–H and O–H groups in total. The molecule has 0 saturated heterocycles. The third-order valence-corrected chi connectivity index (χ3v) is 2.88. The third-order valence-electron chi connectivity index (χ3n) is 2.88. The molecule has 0 aliphatic heterocycles. The summed E-state index contributed by atoms with van der Waals surface area (Å²) in [6.07, 6.45) is 6.57. The highest BCUT2D eigenvalue weighted by Crippen LogP contribution is 2.24. The molecule has 0 aliphatic rings. The van der Waals surface area contributed by atoms with Crippen LogP contribution in [0.2, 0.25) is 0 Å². The normalized spacial score (nSPS) is 11.1. The van der Waals surface area contributed by atoms with Crippen molar-refractivity contribution in [2.24, 2.45) is 7.05 Å². The fraction of sp³-hybridized carbons (Fsp3) is 0.538. The van der Waals surface area contributed by atoms with Crippen LogP contribution in [0.1, 0.15) is 24.9 Å². The molecule has 0 bridgehead atoms. The molecule has 0 radical (unpaired) electrons. The van der Waals surface area contributed by atoms with Crippen molar-refractivity contribution in [2.75, 3.05) is 13.6 Å². The van der Waals surface area contributed by atoms with Crippen LogP contribution in [-0.2, 0) is 19.9 Å². The Morgan fingerprint density at radius 2 is 2.28 bits per heavy atom. The van der Waals surface area contributed by atoms with Crippen LogP contribution in [0.15, 0.2) is 16.8 Å². The van der Waals surface area contributed by atoms with Gasteiger partial charge in [-0.05, 0) is 26.4 Å². The number of hydrogen-bond donors (Lipinski definition) is 1. The van der Waals surface area contributed by atoms with Crippen molar-refractivity contribution < 1.29 is 4.42 Å². The maximum atomic E-state index is 5.78. The van der Waals surface area contributed by atoms with Crippen molar-refractivity contribution in [3.8, 4) is 11.3 Å². The van der Waals surface area contributed by atoms with Gasteiger partial charge in [0.25, 0.3) is 0 Å². The Hall–Kier alpha value is -1.62. The molecule has 0 saturated carbocycles. The second kappa shape index (κ2) is 5.82. The number of aryl methyl sites for hydroxylation is 3. The Bertz CT molecular complexity index is 501. The van der Waals surface area contributed by atoms with E-state index in [-0.39, 0.29) is 0 Å². The molecule has 2 rings (SSSR count). The predicted octanol–water partition coefficient (Wildman–Crippen LogP) is 1.79. The lowest BCUT2D eigenvalue weighted by molar-refractivity contribution is 0.495. The molecule has 0 aliphatic carbocycles. The van der Waals surface area contributed by atoms with E-state index >= 15 is 0 Å². The lowest BCUT2D eigenvalue weighted by atomic mass is 10.2. The average Bonchev–Trinajstić information content (AvgIpc) is 2.95. The fourth-order valence-corrected chi connectivity index (χ4v) is 1.97. The molecule has 0 amide bonds. The molecule has 0 atom stereocenters. The summed E-state index contributed by atoms with van der Waals surface area (Å²) in [6.45, 7) is 3.07. The van der Waals surface area contributed by atoms with Crippen molar-refractivity contribution in [1.29, 1.82) is 0 Å². The second-order valence-corrected chi connectivity index (χ2v) is 4.34. The highest BCUT2D eigenvalue weighted by Gasteiger charge is 2.13. The molecule has 0 spiro atoms. The van der Waals surface area contributed by atoms with Crippen LogP contribution < -0.4 is 5.32 Å². The SMILES string of the molecule is CCc1nn(C)cc1-c1cnc(CCCNC)o1. The van der Waals surface area contributed by atoms with Gasteiger partial charge < -0.3 is 9.73 Å². The zero-order valence-corrected chi connectivity index (χ0v) is 11.2. The minimum atomic E-state index is 0.797. The van der Waals surface area contributed by atoms with E-state index in [1.54, 1.807) is 6.20 Å². The first-order chi connectivity index (χ1) is 8.74. The molecule has 0 fully saturated rings. The van der Waals surface area contributed by atoms with Crippen LogP contribution >= 0.6 is 0 Å². The molecule has 2 heterocycles. The van der Waals surface area contributed by atoms with Crippen molar-refractivity contribution in [3.63, 3.8) is 0 Å². The van der Waals surface area contributed by atoms with E-state index < -0.39 is 0 Å². The van der Waals surface area contributed by atoms with Crippen LogP contribution in [-0.4, -0.2) is 28.4 Å². The van der Waals surface area contributed by atoms with Gasteiger partial charge in [0.15, 0.2) is 11.7 Å². The van der Waals surface area contributed by atoms with Gasteiger partial charge in [-0.15, -0.1) is 0 Å². The van der Waals surface area contributed by atoms with Gasteiger partial charge in [-0.1, -0.05) is 6.92 Å². The molecule has 5 heteroatoms. The molecular weight excluding hydrogens is 228 g/mol. The Kier molecular flexibility index (Phi) is 4.15. The van der Waals surface area contributed by atoms with E-state index in [1.165, 1.54) is 0 Å². The minimum Gasteiger partial charge on any atom is -0.441 e. The topological polar surface area (TPSA) is 55.9 Å². The molecule has 0 unspecified atom stereocenters. The van der Waals surface area contributed by atoms with Crippen molar-refractivity contribution in [3.05, 3.63) is 24.0 Å². The summed E-state index contributed by atoms with van der Waals surface area (Å²) in [5.41, 5.74) is 2.10. The molecule has 98 valence electrons. The van der Waals surface area contributed by atoms with Crippen LogP contribution in [0.3, 0.4) is 0 Å². The van der Waals surface area contributed by atoms with Crippen molar-refractivity contribution >= 4 is 0 Å². The van der Waals surface area contributed by atoms with E-state index in [0.29, 0.717) is 0 Å². The number of rotatable bonds is 6. The molecule has 2 aromatic heterocycles. The predicted molar refractivity (Wildman–Crippen MR) is 70.3 cm³/mol. The fourth-order valence-electron chi connectivity index (χ4n) is 1.97. The van der Waals surface area contributed by atoms with Gasteiger partial charge in [0.2, 0.25) is 0 Å². The minimum absolute atomic E-state index is 0.797. The smallest absolute Gasteiger partial charge is 0.194 e. The van der Waals surface area contributed by atoms with E-state index in [9.17, 15) is 0 Å². The molecular formula is C13H20N4O. The first kappa shape index (κ1) is 12.8. The molecule has 2 aromatic rings. The van der Waals surface area contributed by atoms with Crippen LogP contribution in [0.25, 0.3) is 11.3 Å². The van der Waals surface area contributed by atoms with Crippen LogP contribution in [0.5, 0.6) is 0 Å². The molecule has 5 nitrogen and oxygen atoms in total. The lowest BCUT2D eigenvalue weighted by Gasteiger charge is -1.96. The number of nitrogens with zero attached hydrogens (tertiary/aromatic N) is 3. The van der Waals surface area contributed by atoms with Crippen LogP contribution in [0.4, 0.5) is 0 Å². The number of oxazole rings is 1. The van der Waals surface area contributed by atoms with Gasteiger partial charge in [0, 0.05) is 19.7 Å². The first-order valence-corrected chi connectivity index (χ1v) is 6.36. The Balaban J connectivity index is 2.13. The van der Waals surface area contributed by atoms with Gasteiger partial charge in [-0.25, -0.2) is 4.98 Å². The number of nitrogens with one attached hydrogen (secondary N) is 1. The second-order valence-electron chi connectivity index (χ2n) is 4.34. The summed E-state index contributed by atoms with van der Waals surface area (Å²) in [7, 11) is 3.87. The van der Waals surface area contributed by atoms with Gasteiger partial charge in [-0.2, -0.15) is 5.10 Å². The van der Waals surface area contributed by atoms with Gasteiger partial charge >= 0.3 is 0 Å². The monoisotopic (exact) mass is 248 g/mol. The van der Waals surface area contributed by atoms with Gasteiger partial charge in [-0.3, -0.25) is 4.68 Å². The van der Waals surface area contributed by atoms with Crippen molar-refractivity contribution in [1.82, 2.24) is 20.1 Å². The summed E-state index contributed by atoms with van der Waals surface area (Å²) in [4.78, 5) is 4.32. The van der Waals surface area contributed by atoms with Gasteiger partial charge in [0.1, 0.15) is 0 Å². The lowest BCUT2D eigenvalue weighted by Crippen LogP contribution is -2.08. The highest BCUT2D eigenvalue weighted by atomic mass is 16.4. The molecule has 18 heavy (non-hydrogen) atoms. The summed E-state index contributed by atoms with van der Waals surface area (Å²) in [5.74, 6) is 1.62. The van der Waals surface area contributed by atoms with Crippen LogP contribution in [0, 0.1) is 0 Å². The highest BCUT2D eigenvalue weighted by molar-refractivity contribution is 5.58. The van der Waals surface area contributed by atoms with E-state index in [2.05, 4.69) is 22.3 Å². The summed E-state index contributed by atoms with van der Waals surface area (Å²) >= 11 is 0. The average molecular weight is 248 g/mol. The largest absolute Gasteiger partial charge is 0.441 e. The maximum absolute atomic E-state index is 5.78. The van der Waals surface area contributed by atoms with Gasteiger partial charge in [0.05, 0.1) is 17.5 Å². The Labute approximate surface area is 107 Å². The molecule has 0 aromatic carbocycles. The summed E-state index contributed by atoms with van der Waals surface area (Å²) < 4.78 is 7.60. The Morgan fingerprint density at radius 3 is 3.00 bits per heavy atom. The first-order valence-electron chi connectivity index (χ1n) is 6.36. The van der Waals surface area contributed by atoms with E-state index in [4.69, 9.17) is 4.42 Å². The summed E-state index contributed by atoms with van der Waals surface area (Å²) in [5, 5.41) is 7.52. The van der Waals surface area contributed by atoms with E-state index in [0.717, 1.165) is 48.7 Å². The quantitative estimate of drug-likeness (QED) is 0.792. The Morgan fingerprint density at radius 1 is 1.44 bits per heavy atom. The zero-order chi connectivity index (χ0) is 13.0.